The van der Waals surface area contributed by atoms with E-state index in [0.717, 1.165) is 42.8 Å². The quantitative estimate of drug-likeness (QED) is 0.664. The summed E-state index contributed by atoms with van der Waals surface area (Å²) in [5, 5.41) is 7.14. The molecule has 0 bridgehead atoms. The molecule has 108 valence electrons. The maximum Gasteiger partial charge on any atom is 0.222 e. The van der Waals surface area contributed by atoms with Gasteiger partial charge in [-0.25, -0.2) is 4.98 Å². The van der Waals surface area contributed by atoms with Crippen LogP contribution >= 0.6 is 0 Å². The van der Waals surface area contributed by atoms with E-state index in [-0.39, 0.29) is 0 Å². The van der Waals surface area contributed by atoms with Gasteiger partial charge in [-0.15, -0.1) is 0 Å². The number of nitrogens with one attached hydrogen (secondary N) is 2. The summed E-state index contributed by atoms with van der Waals surface area (Å²) in [6, 6.07) is 3.97. The Morgan fingerprint density at radius 3 is 3.10 bits per heavy atom. The van der Waals surface area contributed by atoms with Gasteiger partial charge in [0.1, 0.15) is 5.52 Å². The summed E-state index contributed by atoms with van der Waals surface area (Å²) >= 11 is 0. The largest absolute Gasteiger partial charge is 0.368 e. The Morgan fingerprint density at radius 1 is 1.29 bits per heavy atom. The molecule has 1 saturated heterocycles. The van der Waals surface area contributed by atoms with Crippen LogP contribution in [0.1, 0.15) is 24.5 Å². The summed E-state index contributed by atoms with van der Waals surface area (Å²) in [6.45, 7) is 1.89. The van der Waals surface area contributed by atoms with Gasteiger partial charge in [0.25, 0.3) is 0 Å². The van der Waals surface area contributed by atoms with E-state index in [1.54, 1.807) is 6.20 Å². The lowest BCUT2D eigenvalue weighted by molar-refractivity contribution is 0.499. The van der Waals surface area contributed by atoms with Crippen LogP contribution in [0, 0.1) is 0 Å². The lowest BCUT2D eigenvalue weighted by atomic mass is 9.95. The number of nitrogens with two attached hydrogens (primary N) is 1. The molecule has 7 nitrogen and oxygen atoms in total. The van der Waals surface area contributed by atoms with Crippen LogP contribution in [0.4, 0.5) is 11.8 Å². The highest BCUT2D eigenvalue weighted by Gasteiger charge is 2.25. The first-order valence-electron chi connectivity index (χ1n) is 7.16. The van der Waals surface area contributed by atoms with Crippen molar-refractivity contribution in [1.29, 1.82) is 0 Å². The Kier molecular flexibility index (Phi) is 2.77. The van der Waals surface area contributed by atoms with E-state index < -0.39 is 0 Å². The molecular formula is C14H17N7. The molecular weight excluding hydrogens is 266 g/mol. The molecule has 1 atom stereocenters. The highest BCUT2D eigenvalue weighted by atomic mass is 15.2. The van der Waals surface area contributed by atoms with E-state index in [1.807, 2.05) is 18.3 Å². The van der Waals surface area contributed by atoms with Crippen LogP contribution in [0.3, 0.4) is 0 Å². The van der Waals surface area contributed by atoms with E-state index in [9.17, 15) is 0 Å². The summed E-state index contributed by atoms with van der Waals surface area (Å²) in [5.74, 6) is 1.66. The first-order chi connectivity index (χ1) is 10.3. The van der Waals surface area contributed by atoms with E-state index in [2.05, 4.69) is 30.0 Å². The van der Waals surface area contributed by atoms with Gasteiger partial charge in [0.15, 0.2) is 5.82 Å². The van der Waals surface area contributed by atoms with Crippen LogP contribution in [0.25, 0.3) is 11.0 Å². The summed E-state index contributed by atoms with van der Waals surface area (Å²) in [6.07, 6.45) is 5.96. The monoisotopic (exact) mass is 283 g/mol. The van der Waals surface area contributed by atoms with Crippen molar-refractivity contribution in [3.63, 3.8) is 0 Å². The smallest absolute Gasteiger partial charge is 0.222 e. The Balaban J connectivity index is 1.70. The number of nitrogens with zero attached hydrogens (tertiary/aromatic N) is 4. The number of piperidine rings is 1. The number of aromatic nitrogens is 5. The molecule has 0 spiro atoms. The Bertz CT molecular complexity index is 746. The molecule has 4 N–H and O–H groups in total. The van der Waals surface area contributed by atoms with Crippen molar-refractivity contribution < 1.29 is 0 Å². The second kappa shape index (κ2) is 4.76. The van der Waals surface area contributed by atoms with Crippen LogP contribution in [0.2, 0.25) is 0 Å². The van der Waals surface area contributed by atoms with Crippen LogP contribution in [0.5, 0.6) is 0 Å². The molecule has 0 radical (unpaired) electrons. The molecule has 1 unspecified atom stereocenters. The predicted molar refractivity (Wildman–Crippen MR) is 81.1 cm³/mol. The third-order valence-corrected chi connectivity index (χ3v) is 4.09. The maximum absolute atomic E-state index is 5.84. The van der Waals surface area contributed by atoms with E-state index in [4.69, 9.17) is 5.73 Å². The van der Waals surface area contributed by atoms with E-state index in [0.29, 0.717) is 11.9 Å². The molecule has 1 fully saturated rings. The Labute approximate surface area is 121 Å². The van der Waals surface area contributed by atoms with Crippen molar-refractivity contribution in [2.24, 2.45) is 0 Å². The Hall–Kier alpha value is -2.57. The van der Waals surface area contributed by atoms with E-state index >= 15 is 0 Å². The number of hydrogen-bond acceptors (Lipinski definition) is 5. The molecule has 7 heteroatoms. The van der Waals surface area contributed by atoms with Gasteiger partial charge in [0, 0.05) is 37.1 Å². The molecule has 0 amide bonds. The molecule has 21 heavy (non-hydrogen) atoms. The van der Waals surface area contributed by atoms with Crippen molar-refractivity contribution >= 4 is 22.8 Å². The number of H-pyrrole nitrogens is 2. The minimum Gasteiger partial charge on any atom is -0.368 e. The summed E-state index contributed by atoms with van der Waals surface area (Å²) in [4.78, 5) is 14.2. The van der Waals surface area contributed by atoms with Crippen LogP contribution in [-0.2, 0) is 0 Å². The molecule has 3 aromatic heterocycles. The summed E-state index contributed by atoms with van der Waals surface area (Å²) < 4.78 is 0. The zero-order valence-corrected chi connectivity index (χ0v) is 11.6. The zero-order valence-electron chi connectivity index (χ0n) is 11.6. The van der Waals surface area contributed by atoms with Gasteiger partial charge in [-0.1, -0.05) is 0 Å². The molecule has 4 rings (SSSR count). The van der Waals surface area contributed by atoms with Gasteiger partial charge in [-0.3, -0.25) is 5.10 Å². The van der Waals surface area contributed by atoms with Crippen molar-refractivity contribution in [3.05, 3.63) is 30.2 Å². The minimum absolute atomic E-state index is 0.320. The second-order valence-electron chi connectivity index (χ2n) is 5.44. The third-order valence-electron chi connectivity index (χ3n) is 4.09. The van der Waals surface area contributed by atoms with Crippen LogP contribution in [-0.4, -0.2) is 38.2 Å². The molecule has 0 aliphatic carbocycles. The first kappa shape index (κ1) is 12.2. The van der Waals surface area contributed by atoms with Crippen molar-refractivity contribution in [2.45, 2.75) is 18.8 Å². The van der Waals surface area contributed by atoms with Crippen molar-refractivity contribution in [1.82, 2.24) is 25.1 Å². The van der Waals surface area contributed by atoms with Gasteiger partial charge < -0.3 is 15.6 Å². The molecule has 0 saturated carbocycles. The average Bonchev–Trinajstić information content (AvgIpc) is 3.17. The maximum atomic E-state index is 5.84. The van der Waals surface area contributed by atoms with Crippen LogP contribution < -0.4 is 10.6 Å². The normalized spacial score (nSPS) is 19.2. The van der Waals surface area contributed by atoms with Gasteiger partial charge in [-0.05, 0) is 25.0 Å². The van der Waals surface area contributed by atoms with Crippen molar-refractivity contribution in [2.75, 3.05) is 23.7 Å². The number of anilines is 2. The molecule has 0 aromatic carbocycles. The average molecular weight is 283 g/mol. The predicted octanol–water partition coefficient (Wildman–Crippen LogP) is 1.65. The number of rotatable bonds is 2. The minimum atomic E-state index is 0.320. The van der Waals surface area contributed by atoms with Crippen LogP contribution in [0.15, 0.2) is 24.5 Å². The molecule has 1 aliphatic rings. The fourth-order valence-electron chi connectivity index (χ4n) is 3.09. The van der Waals surface area contributed by atoms with Crippen molar-refractivity contribution in [3.8, 4) is 0 Å². The van der Waals surface area contributed by atoms with Gasteiger partial charge >= 0.3 is 0 Å². The standard InChI is InChI=1S/C14H17N7/c15-14-18-11-3-5-16-12(11)13(19-14)21-7-1-2-9(8-21)10-4-6-17-20-10/h3-6,9,16H,1-2,7-8H2,(H,17,20)(H2,15,18,19). The SMILES string of the molecule is Nc1nc(N2CCCC(c3ccn[nH]3)C2)c2[nH]ccc2n1. The topological polar surface area (TPSA) is 99.5 Å². The Morgan fingerprint density at radius 2 is 2.24 bits per heavy atom. The number of nitrogen functional groups attached to an aromatic ring is 1. The fraction of sp³-hybridized carbons (Fsp3) is 0.357. The summed E-state index contributed by atoms with van der Waals surface area (Å²) in [5.41, 5.74) is 8.84. The third kappa shape index (κ3) is 2.10. The molecule has 1 aliphatic heterocycles. The highest BCUT2D eigenvalue weighted by Crippen LogP contribution is 2.31. The number of hydrogen-bond donors (Lipinski definition) is 3. The lowest BCUT2D eigenvalue weighted by Crippen LogP contribution is -2.35. The van der Waals surface area contributed by atoms with Gasteiger partial charge in [-0.2, -0.15) is 10.1 Å². The second-order valence-corrected chi connectivity index (χ2v) is 5.44. The van der Waals surface area contributed by atoms with Gasteiger partial charge in [0.05, 0.1) is 5.52 Å². The number of fused-ring (bicyclic) bond motifs is 1. The number of aromatic amines is 2. The first-order valence-corrected chi connectivity index (χ1v) is 7.16. The molecule has 4 heterocycles. The van der Waals surface area contributed by atoms with E-state index in [1.165, 1.54) is 5.69 Å². The molecule has 3 aromatic rings. The lowest BCUT2D eigenvalue weighted by Gasteiger charge is -2.33. The van der Waals surface area contributed by atoms with Gasteiger partial charge in [0.2, 0.25) is 5.95 Å². The highest BCUT2D eigenvalue weighted by molar-refractivity contribution is 5.87. The summed E-state index contributed by atoms with van der Waals surface area (Å²) in [7, 11) is 0. The zero-order chi connectivity index (χ0) is 14.2. The fourth-order valence-corrected chi connectivity index (χ4v) is 3.09.